The van der Waals surface area contributed by atoms with Crippen LogP contribution in [0.5, 0.6) is 5.75 Å². The van der Waals surface area contributed by atoms with Gasteiger partial charge in [0.1, 0.15) is 5.75 Å². The fourth-order valence-electron chi connectivity index (χ4n) is 1.13. The third-order valence-corrected chi connectivity index (χ3v) is 1.89. The van der Waals surface area contributed by atoms with Crippen LogP contribution >= 0.6 is 0 Å². The molecule has 0 spiro atoms. The molecule has 1 aromatic rings. The van der Waals surface area contributed by atoms with Gasteiger partial charge in [-0.3, -0.25) is 4.98 Å². The average Bonchev–Trinajstić information content (AvgIpc) is 2.14. The minimum absolute atomic E-state index is 0. The van der Waals surface area contributed by atoms with Gasteiger partial charge in [-0.05, 0) is 6.92 Å². The second-order valence-electron chi connectivity index (χ2n) is 2.79. The lowest BCUT2D eigenvalue weighted by Gasteiger charge is -2.09. The fourth-order valence-corrected chi connectivity index (χ4v) is 1.13. The van der Waals surface area contributed by atoms with Crippen molar-refractivity contribution in [2.45, 2.75) is 20.1 Å². The fraction of sp³-hybridized carbons (Fsp3) is 0.444. The van der Waals surface area contributed by atoms with Crippen molar-refractivity contribution in [3.8, 4) is 5.75 Å². The molecule has 0 saturated carbocycles. The van der Waals surface area contributed by atoms with E-state index in [1.54, 1.807) is 13.1 Å². The van der Waals surface area contributed by atoms with Gasteiger partial charge in [0.15, 0.2) is 0 Å². The van der Waals surface area contributed by atoms with Gasteiger partial charge in [-0.1, -0.05) is 0 Å². The number of aliphatic hydroxyl groups excluding tert-OH is 1. The van der Waals surface area contributed by atoms with Gasteiger partial charge in [0, 0.05) is 24.4 Å². The first-order valence-corrected chi connectivity index (χ1v) is 3.96. The molecule has 0 bridgehead atoms. The highest BCUT2D eigenvalue weighted by molar-refractivity contribution is 5.39. The number of aromatic nitrogens is 1. The van der Waals surface area contributed by atoms with Crippen molar-refractivity contribution < 1.29 is 28.8 Å². The maximum absolute atomic E-state index is 9.59. The molecule has 0 saturated heterocycles. The molecule has 0 fully saturated rings. The van der Waals surface area contributed by atoms with Crippen LogP contribution in [0.1, 0.15) is 18.2 Å². The van der Waals surface area contributed by atoms with Crippen molar-refractivity contribution in [2.75, 3.05) is 7.11 Å². The van der Waals surface area contributed by atoms with Gasteiger partial charge in [0.05, 0.1) is 18.9 Å². The number of ether oxygens (including phenoxy) is 1. The molecule has 0 unspecified atom stereocenters. The maximum atomic E-state index is 9.59. The Labute approximate surface area is 90.5 Å². The average molecular weight is 220 g/mol. The summed E-state index contributed by atoms with van der Waals surface area (Å²) >= 11 is 0. The number of rotatable bonds is 3. The van der Waals surface area contributed by atoms with E-state index < -0.39 is 0 Å². The molecule has 0 aliphatic rings. The lowest BCUT2D eigenvalue weighted by molar-refractivity contribution is -0.00000504. The molecule has 14 heavy (non-hydrogen) atoms. The van der Waals surface area contributed by atoms with E-state index in [-0.39, 0.29) is 32.8 Å². The first kappa shape index (κ1) is 13.2. The summed E-state index contributed by atoms with van der Waals surface area (Å²) in [4.78, 5) is 3.93. The van der Waals surface area contributed by atoms with E-state index in [0.29, 0.717) is 16.8 Å². The van der Waals surface area contributed by atoms with Crippen LogP contribution in [0.3, 0.4) is 0 Å². The molecule has 1 rings (SSSR count). The molecule has 0 radical (unpaired) electrons. The van der Waals surface area contributed by atoms with Gasteiger partial charge in [-0.15, -0.1) is 0 Å². The molecular formula is C9H14ClNO3. The molecule has 2 N–H and O–H groups in total. The van der Waals surface area contributed by atoms with Crippen molar-refractivity contribution in [1.82, 2.24) is 4.98 Å². The Balaban J connectivity index is 0. The summed E-state index contributed by atoms with van der Waals surface area (Å²) in [6.07, 6.45) is 1.55. The largest absolute Gasteiger partial charge is 1.00 e. The van der Waals surface area contributed by atoms with Crippen LogP contribution in [0.2, 0.25) is 0 Å². The predicted octanol–water partition coefficient (Wildman–Crippen LogP) is -2.15. The van der Waals surface area contributed by atoms with E-state index in [2.05, 4.69) is 4.98 Å². The van der Waals surface area contributed by atoms with Crippen molar-refractivity contribution in [3.05, 3.63) is 23.0 Å². The molecule has 0 aliphatic heterocycles. The number of methoxy groups -OCH3 is 1. The molecule has 4 nitrogen and oxygen atoms in total. The summed E-state index contributed by atoms with van der Waals surface area (Å²) < 4.78 is 4.91. The maximum Gasteiger partial charge on any atom is 1.00 e. The van der Waals surface area contributed by atoms with E-state index in [1.807, 2.05) is 0 Å². The molecule has 0 aliphatic carbocycles. The normalized spacial score (nSPS) is 9.64. The van der Waals surface area contributed by atoms with E-state index in [9.17, 15) is 5.11 Å². The minimum Gasteiger partial charge on any atom is -1.00 e. The second kappa shape index (κ2) is 5.80. The molecule has 0 aromatic carbocycles. The standard InChI is InChI=1S/C9H13NO3.ClH/c1-6-9(12)8(5-13-2)7(4-11)3-10-6;/h3,11-12H,4-5H2,1-2H3;1H. The van der Waals surface area contributed by atoms with Gasteiger partial charge in [0.2, 0.25) is 0 Å². The zero-order valence-electron chi connectivity index (χ0n) is 9.12. The highest BCUT2D eigenvalue weighted by atomic mass is 35.5. The Morgan fingerprint density at radius 2 is 2.21 bits per heavy atom. The van der Waals surface area contributed by atoms with E-state index in [0.717, 1.165) is 0 Å². The van der Waals surface area contributed by atoms with Crippen LogP contribution in [0.25, 0.3) is 0 Å². The van der Waals surface area contributed by atoms with E-state index in [1.165, 1.54) is 7.11 Å². The molecular weight excluding hydrogens is 206 g/mol. The topological polar surface area (TPSA) is 62.6 Å². The number of aryl methyl sites for hydroxylation is 1. The van der Waals surface area contributed by atoms with Gasteiger partial charge in [-0.25, -0.2) is 0 Å². The predicted molar refractivity (Wildman–Crippen MR) is 48.4 cm³/mol. The number of aliphatic hydroxyl groups is 1. The van der Waals surface area contributed by atoms with Gasteiger partial charge >= 0.3 is 1.43 Å². The third-order valence-electron chi connectivity index (χ3n) is 1.89. The van der Waals surface area contributed by atoms with Crippen LogP contribution in [-0.2, 0) is 18.0 Å². The van der Waals surface area contributed by atoms with Gasteiger partial charge < -0.3 is 27.4 Å². The van der Waals surface area contributed by atoms with Crippen LogP contribution in [0.15, 0.2) is 6.20 Å². The summed E-state index contributed by atoms with van der Waals surface area (Å²) in [5.41, 5.74) is 1.76. The van der Waals surface area contributed by atoms with E-state index in [4.69, 9.17) is 9.84 Å². The SMILES string of the molecule is COCc1c(CO)cnc(C)c1O.[Cl-].[H+]. The van der Waals surface area contributed by atoms with Crippen molar-refractivity contribution in [1.29, 1.82) is 0 Å². The molecule has 80 valence electrons. The van der Waals surface area contributed by atoms with Gasteiger partial charge in [-0.2, -0.15) is 0 Å². The Morgan fingerprint density at radius 3 is 2.71 bits per heavy atom. The van der Waals surface area contributed by atoms with Crippen molar-refractivity contribution in [3.63, 3.8) is 0 Å². The number of hydrogen-bond donors (Lipinski definition) is 2. The number of aromatic hydroxyl groups is 1. The molecule has 5 heteroatoms. The minimum atomic E-state index is -0.139. The lowest BCUT2D eigenvalue weighted by Crippen LogP contribution is -3.00. The van der Waals surface area contributed by atoms with Crippen LogP contribution in [-0.4, -0.2) is 22.3 Å². The van der Waals surface area contributed by atoms with Crippen LogP contribution in [0.4, 0.5) is 0 Å². The monoisotopic (exact) mass is 219 g/mol. The Hall–Kier alpha value is -0.840. The number of halogens is 1. The summed E-state index contributed by atoms with van der Waals surface area (Å²) in [6.45, 7) is 1.85. The summed E-state index contributed by atoms with van der Waals surface area (Å²) in [5.74, 6) is 0.105. The summed E-state index contributed by atoms with van der Waals surface area (Å²) in [7, 11) is 1.54. The van der Waals surface area contributed by atoms with Crippen molar-refractivity contribution in [2.24, 2.45) is 0 Å². The Morgan fingerprint density at radius 1 is 1.57 bits per heavy atom. The van der Waals surface area contributed by atoms with Crippen LogP contribution < -0.4 is 12.4 Å². The number of pyridine rings is 1. The smallest absolute Gasteiger partial charge is 1.00 e. The quantitative estimate of drug-likeness (QED) is 0.609. The Kier molecular flexibility index (Phi) is 5.45. The molecule has 0 atom stereocenters. The van der Waals surface area contributed by atoms with Crippen molar-refractivity contribution >= 4 is 0 Å². The first-order chi connectivity index (χ1) is 6.20. The molecule has 0 amide bonds. The highest BCUT2D eigenvalue weighted by Crippen LogP contribution is 2.24. The Bertz CT molecular complexity index is 310. The molecule has 1 aromatic heterocycles. The number of hydrogen-bond acceptors (Lipinski definition) is 4. The lowest BCUT2D eigenvalue weighted by atomic mass is 10.1. The first-order valence-electron chi connectivity index (χ1n) is 3.96. The van der Waals surface area contributed by atoms with E-state index >= 15 is 0 Å². The molecule has 1 heterocycles. The number of nitrogens with zero attached hydrogens (tertiary/aromatic N) is 1. The van der Waals surface area contributed by atoms with Gasteiger partial charge in [0.25, 0.3) is 0 Å². The second-order valence-corrected chi connectivity index (χ2v) is 2.79. The highest BCUT2D eigenvalue weighted by Gasteiger charge is 2.10. The zero-order valence-corrected chi connectivity index (χ0v) is 8.88. The van der Waals surface area contributed by atoms with Crippen LogP contribution in [0, 0.1) is 6.92 Å². The summed E-state index contributed by atoms with van der Waals surface area (Å²) in [5, 5.41) is 18.5. The summed E-state index contributed by atoms with van der Waals surface area (Å²) in [6, 6.07) is 0. The zero-order chi connectivity index (χ0) is 9.84. The third kappa shape index (κ3) is 2.57.